The predicted molar refractivity (Wildman–Crippen MR) is 167 cm³/mol. The van der Waals surface area contributed by atoms with E-state index in [2.05, 4.69) is 5.32 Å². The quantitative estimate of drug-likeness (QED) is 0.263. The summed E-state index contributed by atoms with van der Waals surface area (Å²) in [5.41, 5.74) is 4.86. The van der Waals surface area contributed by atoms with Crippen molar-refractivity contribution in [2.45, 2.75) is 44.7 Å². The molecule has 4 rings (SSSR count). The van der Waals surface area contributed by atoms with Crippen LogP contribution in [0.4, 0.5) is 5.69 Å². The van der Waals surface area contributed by atoms with Crippen LogP contribution in [0.15, 0.2) is 108 Å². The first kappa shape index (κ1) is 30.5. The van der Waals surface area contributed by atoms with E-state index in [0.717, 1.165) is 27.8 Å². The van der Waals surface area contributed by atoms with Crippen LogP contribution in [0.1, 0.15) is 27.8 Å². The summed E-state index contributed by atoms with van der Waals surface area (Å²) in [4.78, 5) is 29.3. The third-order valence-corrected chi connectivity index (χ3v) is 9.22. The molecule has 0 spiro atoms. The average Bonchev–Trinajstić information content (AvgIpc) is 3.00. The maximum Gasteiger partial charge on any atom is 0.264 e. The smallest absolute Gasteiger partial charge is 0.264 e. The van der Waals surface area contributed by atoms with Gasteiger partial charge in [-0.15, -0.1) is 0 Å². The number of hydrogen-bond acceptors (Lipinski definition) is 4. The second-order valence-electron chi connectivity index (χ2n) is 10.4. The Morgan fingerprint density at radius 3 is 2.00 bits per heavy atom. The van der Waals surface area contributed by atoms with Gasteiger partial charge in [0.1, 0.15) is 12.6 Å². The number of likely N-dealkylation sites (N-methyl/N-ethyl adjacent to an activating group) is 1. The third-order valence-electron chi connectivity index (χ3n) is 7.45. The predicted octanol–water partition coefficient (Wildman–Crippen LogP) is 5.19. The molecule has 0 fully saturated rings. The van der Waals surface area contributed by atoms with Crippen LogP contribution in [0.5, 0.6) is 0 Å². The lowest BCUT2D eigenvalue weighted by Gasteiger charge is -2.34. The Morgan fingerprint density at radius 1 is 0.762 bits per heavy atom. The Balaban J connectivity index is 1.81. The van der Waals surface area contributed by atoms with Gasteiger partial charge in [0.15, 0.2) is 0 Å². The first-order valence-corrected chi connectivity index (χ1v) is 15.3. The number of rotatable bonds is 11. The molecule has 0 aliphatic heterocycles. The summed E-state index contributed by atoms with van der Waals surface area (Å²) in [5, 5.41) is 2.71. The van der Waals surface area contributed by atoms with Crippen LogP contribution in [0.25, 0.3) is 0 Å². The molecule has 0 bridgehead atoms. The molecule has 0 aliphatic carbocycles. The van der Waals surface area contributed by atoms with Crippen molar-refractivity contribution in [1.29, 1.82) is 0 Å². The van der Waals surface area contributed by atoms with Crippen molar-refractivity contribution in [3.8, 4) is 0 Å². The number of aryl methyl sites for hydroxylation is 2. The molecular formula is C34H37N3O4S. The normalized spacial score (nSPS) is 11.9. The molecule has 42 heavy (non-hydrogen) atoms. The SMILES string of the molecule is CNC(=O)[C@H](Cc1ccccc1)N(Cc1ccc(C)cc1)C(=O)CN(c1cccc(C)c1C)S(=O)(=O)c1ccccc1. The Labute approximate surface area is 248 Å². The summed E-state index contributed by atoms with van der Waals surface area (Å²) in [6.45, 7) is 5.38. The fourth-order valence-corrected chi connectivity index (χ4v) is 6.34. The van der Waals surface area contributed by atoms with Crippen LogP contribution in [0.2, 0.25) is 0 Å². The molecule has 0 aromatic heterocycles. The molecule has 8 heteroatoms. The number of carbonyl (C=O) groups is 2. The first-order valence-electron chi connectivity index (χ1n) is 13.9. The zero-order valence-corrected chi connectivity index (χ0v) is 25.3. The summed E-state index contributed by atoms with van der Waals surface area (Å²) in [6, 6.07) is 29.8. The highest BCUT2D eigenvalue weighted by Crippen LogP contribution is 2.29. The van der Waals surface area contributed by atoms with Crippen LogP contribution in [-0.4, -0.2) is 44.8 Å². The molecule has 0 saturated heterocycles. The molecule has 1 atom stereocenters. The lowest BCUT2D eigenvalue weighted by Crippen LogP contribution is -2.53. The van der Waals surface area contributed by atoms with Gasteiger partial charge in [0.25, 0.3) is 10.0 Å². The molecule has 0 aliphatic rings. The van der Waals surface area contributed by atoms with Gasteiger partial charge in [-0.05, 0) is 61.2 Å². The van der Waals surface area contributed by atoms with Crippen molar-refractivity contribution in [2.24, 2.45) is 0 Å². The number of nitrogens with zero attached hydrogens (tertiary/aromatic N) is 2. The highest BCUT2D eigenvalue weighted by molar-refractivity contribution is 7.92. The van der Waals surface area contributed by atoms with Gasteiger partial charge in [-0.3, -0.25) is 13.9 Å². The number of anilines is 1. The van der Waals surface area contributed by atoms with Crippen LogP contribution in [0, 0.1) is 20.8 Å². The molecule has 218 valence electrons. The minimum Gasteiger partial charge on any atom is -0.357 e. The van der Waals surface area contributed by atoms with Crippen molar-refractivity contribution >= 4 is 27.5 Å². The minimum absolute atomic E-state index is 0.0796. The largest absolute Gasteiger partial charge is 0.357 e. The Morgan fingerprint density at radius 2 is 1.38 bits per heavy atom. The monoisotopic (exact) mass is 583 g/mol. The number of amides is 2. The van der Waals surface area contributed by atoms with E-state index in [4.69, 9.17) is 0 Å². The minimum atomic E-state index is -4.13. The Hall–Kier alpha value is -4.43. The Bertz CT molecular complexity index is 1620. The van der Waals surface area contributed by atoms with E-state index >= 15 is 0 Å². The Kier molecular flexibility index (Phi) is 9.80. The second kappa shape index (κ2) is 13.5. The molecule has 7 nitrogen and oxygen atoms in total. The van der Waals surface area contributed by atoms with Crippen LogP contribution < -0.4 is 9.62 Å². The van der Waals surface area contributed by atoms with E-state index in [0.29, 0.717) is 5.69 Å². The first-order chi connectivity index (χ1) is 20.1. The zero-order valence-electron chi connectivity index (χ0n) is 24.4. The molecule has 4 aromatic carbocycles. The number of carbonyl (C=O) groups excluding carboxylic acids is 2. The summed E-state index contributed by atoms with van der Waals surface area (Å²) >= 11 is 0. The standard InChI is InChI=1S/C34H37N3O4S/c1-25-18-20-29(21-19-25)23-36(32(34(39)35-4)22-28-13-7-5-8-14-28)33(38)24-37(31-17-11-12-26(2)27(31)3)42(40,41)30-15-9-6-10-16-30/h5-21,32H,22-24H2,1-4H3,(H,35,39)/t32-/m0/s1. The highest BCUT2D eigenvalue weighted by atomic mass is 32.2. The number of benzene rings is 4. The van der Waals surface area contributed by atoms with Gasteiger partial charge >= 0.3 is 0 Å². The molecule has 4 aromatic rings. The van der Waals surface area contributed by atoms with Crippen LogP contribution in [-0.2, 0) is 32.6 Å². The van der Waals surface area contributed by atoms with Crippen molar-refractivity contribution in [1.82, 2.24) is 10.2 Å². The molecule has 0 heterocycles. The summed E-state index contributed by atoms with van der Waals surface area (Å²) in [5.74, 6) is -0.816. The average molecular weight is 584 g/mol. The van der Waals surface area contributed by atoms with Gasteiger partial charge in [-0.25, -0.2) is 8.42 Å². The second-order valence-corrected chi connectivity index (χ2v) is 12.2. The highest BCUT2D eigenvalue weighted by Gasteiger charge is 2.34. The summed E-state index contributed by atoms with van der Waals surface area (Å²) in [7, 11) is -2.59. The fourth-order valence-electron chi connectivity index (χ4n) is 4.85. The van der Waals surface area contributed by atoms with Crippen LogP contribution in [0.3, 0.4) is 0 Å². The van der Waals surface area contributed by atoms with Crippen molar-refractivity contribution in [2.75, 3.05) is 17.9 Å². The number of nitrogens with one attached hydrogen (secondary N) is 1. The van der Waals surface area contributed by atoms with Gasteiger partial charge in [0.2, 0.25) is 11.8 Å². The van der Waals surface area contributed by atoms with Crippen molar-refractivity contribution in [3.05, 3.63) is 131 Å². The molecule has 1 N–H and O–H groups in total. The van der Waals surface area contributed by atoms with E-state index in [1.807, 2.05) is 81.4 Å². The topological polar surface area (TPSA) is 86.8 Å². The van der Waals surface area contributed by atoms with Crippen molar-refractivity contribution in [3.63, 3.8) is 0 Å². The molecule has 0 unspecified atom stereocenters. The van der Waals surface area contributed by atoms with Gasteiger partial charge in [0.05, 0.1) is 10.6 Å². The van der Waals surface area contributed by atoms with E-state index < -0.39 is 28.5 Å². The fraction of sp³-hybridized carbons (Fsp3) is 0.235. The van der Waals surface area contributed by atoms with Gasteiger partial charge < -0.3 is 10.2 Å². The number of sulfonamides is 1. The lowest BCUT2D eigenvalue weighted by atomic mass is 10.0. The molecule has 0 saturated carbocycles. The van der Waals surface area contributed by atoms with Gasteiger partial charge in [-0.1, -0.05) is 90.5 Å². The maximum atomic E-state index is 14.4. The van der Waals surface area contributed by atoms with E-state index in [1.54, 1.807) is 30.3 Å². The van der Waals surface area contributed by atoms with E-state index in [1.165, 1.54) is 28.4 Å². The third kappa shape index (κ3) is 7.06. The molecule has 2 amide bonds. The van der Waals surface area contributed by atoms with Gasteiger partial charge in [0, 0.05) is 20.0 Å². The summed E-state index contributed by atoms with van der Waals surface area (Å²) in [6.07, 6.45) is 0.271. The van der Waals surface area contributed by atoms with E-state index in [-0.39, 0.29) is 23.8 Å². The van der Waals surface area contributed by atoms with Crippen molar-refractivity contribution < 1.29 is 18.0 Å². The lowest BCUT2D eigenvalue weighted by molar-refractivity contribution is -0.139. The van der Waals surface area contributed by atoms with E-state index in [9.17, 15) is 18.0 Å². The molecular weight excluding hydrogens is 546 g/mol. The maximum absolute atomic E-state index is 14.4. The van der Waals surface area contributed by atoms with Crippen LogP contribution >= 0.6 is 0 Å². The van der Waals surface area contributed by atoms with Gasteiger partial charge in [-0.2, -0.15) is 0 Å². The molecule has 0 radical (unpaired) electrons. The summed E-state index contributed by atoms with van der Waals surface area (Å²) < 4.78 is 29.3. The zero-order chi connectivity index (χ0) is 30.3. The number of hydrogen-bond donors (Lipinski definition) is 1.